The van der Waals surface area contributed by atoms with Gasteiger partial charge in [-0.1, -0.05) is 13.8 Å². The molecule has 100 valence electrons. The van der Waals surface area contributed by atoms with Crippen LogP contribution >= 0.6 is 0 Å². The molecule has 1 fully saturated rings. The van der Waals surface area contributed by atoms with E-state index in [2.05, 4.69) is 15.3 Å². The summed E-state index contributed by atoms with van der Waals surface area (Å²) in [5.41, 5.74) is -0.103. The molecule has 0 aliphatic carbocycles. The van der Waals surface area contributed by atoms with Crippen LogP contribution in [0, 0.1) is 0 Å². The van der Waals surface area contributed by atoms with Gasteiger partial charge in [0.15, 0.2) is 0 Å². The largest absolute Gasteiger partial charge is 0.378 e. The highest BCUT2D eigenvalue weighted by molar-refractivity contribution is 5.33. The maximum absolute atomic E-state index is 11.5. The number of anilines is 1. The third-order valence-corrected chi connectivity index (χ3v) is 3.10. The Balaban J connectivity index is 1.90. The SMILES string of the molecule is CC(C)c1nc(NCCC2CCCO2)cc(=O)[nH]1. The number of hydrogen-bond acceptors (Lipinski definition) is 4. The van der Waals surface area contributed by atoms with E-state index in [0.717, 1.165) is 38.2 Å². The van der Waals surface area contributed by atoms with E-state index in [9.17, 15) is 4.79 Å². The van der Waals surface area contributed by atoms with Gasteiger partial charge >= 0.3 is 0 Å². The maximum Gasteiger partial charge on any atom is 0.252 e. The van der Waals surface area contributed by atoms with Crippen LogP contribution in [0.15, 0.2) is 10.9 Å². The van der Waals surface area contributed by atoms with Crippen molar-refractivity contribution < 1.29 is 4.74 Å². The smallest absolute Gasteiger partial charge is 0.252 e. The third kappa shape index (κ3) is 3.57. The first-order valence-corrected chi connectivity index (χ1v) is 6.62. The van der Waals surface area contributed by atoms with Gasteiger partial charge in [0, 0.05) is 25.1 Å². The molecule has 18 heavy (non-hydrogen) atoms. The van der Waals surface area contributed by atoms with Crippen molar-refractivity contribution in [3.8, 4) is 0 Å². The van der Waals surface area contributed by atoms with Crippen molar-refractivity contribution in [1.29, 1.82) is 0 Å². The molecule has 1 aromatic rings. The summed E-state index contributed by atoms with van der Waals surface area (Å²) in [5, 5.41) is 3.20. The summed E-state index contributed by atoms with van der Waals surface area (Å²) in [6, 6.07) is 1.50. The second kappa shape index (κ2) is 6.00. The van der Waals surface area contributed by atoms with Gasteiger partial charge in [-0.15, -0.1) is 0 Å². The van der Waals surface area contributed by atoms with E-state index in [1.54, 1.807) is 0 Å². The van der Waals surface area contributed by atoms with Crippen LogP contribution in [0.1, 0.15) is 44.9 Å². The molecule has 1 atom stereocenters. The minimum atomic E-state index is -0.103. The lowest BCUT2D eigenvalue weighted by Crippen LogP contribution is -2.17. The summed E-state index contributed by atoms with van der Waals surface area (Å²) >= 11 is 0. The predicted molar refractivity (Wildman–Crippen MR) is 71.0 cm³/mol. The van der Waals surface area contributed by atoms with E-state index in [0.29, 0.717) is 11.9 Å². The lowest BCUT2D eigenvalue weighted by molar-refractivity contribution is 0.107. The van der Waals surface area contributed by atoms with Gasteiger partial charge in [-0.2, -0.15) is 0 Å². The fraction of sp³-hybridized carbons (Fsp3) is 0.692. The highest BCUT2D eigenvalue weighted by atomic mass is 16.5. The second-order valence-electron chi connectivity index (χ2n) is 5.02. The van der Waals surface area contributed by atoms with Crippen LogP contribution < -0.4 is 10.9 Å². The molecular weight excluding hydrogens is 230 g/mol. The highest BCUT2D eigenvalue weighted by Crippen LogP contribution is 2.15. The van der Waals surface area contributed by atoms with Crippen LogP contribution in [0.25, 0.3) is 0 Å². The molecule has 2 rings (SSSR count). The summed E-state index contributed by atoms with van der Waals surface area (Å²) in [6.07, 6.45) is 3.63. The molecule has 0 saturated carbocycles. The number of hydrogen-bond donors (Lipinski definition) is 2. The Hall–Kier alpha value is -1.36. The average Bonchev–Trinajstić information content (AvgIpc) is 2.81. The highest BCUT2D eigenvalue weighted by Gasteiger charge is 2.14. The van der Waals surface area contributed by atoms with Crippen molar-refractivity contribution in [2.45, 2.75) is 45.1 Å². The molecule has 1 unspecified atom stereocenters. The second-order valence-corrected chi connectivity index (χ2v) is 5.02. The van der Waals surface area contributed by atoms with Crippen LogP contribution in [-0.4, -0.2) is 29.2 Å². The van der Waals surface area contributed by atoms with Gasteiger partial charge in [0.05, 0.1) is 6.10 Å². The van der Waals surface area contributed by atoms with Crippen LogP contribution in [0.5, 0.6) is 0 Å². The van der Waals surface area contributed by atoms with Crippen molar-refractivity contribution in [3.63, 3.8) is 0 Å². The lowest BCUT2D eigenvalue weighted by atomic mass is 10.2. The zero-order chi connectivity index (χ0) is 13.0. The standard InChI is InChI=1S/C13H21N3O2/c1-9(2)13-15-11(8-12(17)16-13)14-6-5-10-4-3-7-18-10/h8-10H,3-7H2,1-2H3,(H2,14,15,16,17). The molecule has 5 heteroatoms. The van der Waals surface area contributed by atoms with Gasteiger partial charge < -0.3 is 15.0 Å². The van der Waals surface area contributed by atoms with Crippen molar-refractivity contribution in [3.05, 3.63) is 22.2 Å². The van der Waals surface area contributed by atoms with E-state index in [1.165, 1.54) is 6.07 Å². The molecule has 0 aromatic carbocycles. The number of aromatic amines is 1. The van der Waals surface area contributed by atoms with Crippen molar-refractivity contribution >= 4 is 5.82 Å². The van der Waals surface area contributed by atoms with Crippen LogP contribution in [-0.2, 0) is 4.74 Å². The molecule has 2 heterocycles. The molecule has 0 bridgehead atoms. The molecule has 1 aliphatic heterocycles. The number of ether oxygens (including phenoxy) is 1. The third-order valence-electron chi connectivity index (χ3n) is 3.10. The number of nitrogens with one attached hydrogen (secondary N) is 2. The molecule has 0 amide bonds. The number of rotatable bonds is 5. The van der Waals surface area contributed by atoms with Crippen molar-refractivity contribution in [2.24, 2.45) is 0 Å². The zero-order valence-electron chi connectivity index (χ0n) is 11.0. The Morgan fingerprint density at radius 2 is 2.44 bits per heavy atom. The molecule has 1 aromatic heterocycles. The lowest BCUT2D eigenvalue weighted by Gasteiger charge is -2.11. The summed E-state index contributed by atoms with van der Waals surface area (Å²) < 4.78 is 5.55. The normalized spacial score (nSPS) is 19.4. The van der Waals surface area contributed by atoms with Gasteiger partial charge in [-0.3, -0.25) is 4.79 Å². The Morgan fingerprint density at radius 3 is 3.11 bits per heavy atom. The number of nitrogens with zero attached hydrogens (tertiary/aromatic N) is 1. The van der Waals surface area contributed by atoms with Crippen molar-refractivity contribution in [2.75, 3.05) is 18.5 Å². The Morgan fingerprint density at radius 1 is 1.61 bits per heavy atom. The quantitative estimate of drug-likeness (QED) is 0.838. The summed E-state index contributed by atoms with van der Waals surface area (Å²) in [4.78, 5) is 18.6. The van der Waals surface area contributed by atoms with E-state index < -0.39 is 0 Å². The molecule has 0 radical (unpaired) electrons. The summed E-state index contributed by atoms with van der Waals surface area (Å²) in [7, 11) is 0. The van der Waals surface area contributed by atoms with Gasteiger partial charge in [-0.25, -0.2) is 4.98 Å². The number of aromatic nitrogens is 2. The Bertz CT molecular complexity index is 436. The van der Waals surface area contributed by atoms with Crippen LogP contribution in [0.4, 0.5) is 5.82 Å². The minimum Gasteiger partial charge on any atom is -0.378 e. The topological polar surface area (TPSA) is 67.0 Å². The van der Waals surface area contributed by atoms with Crippen LogP contribution in [0.3, 0.4) is 0 Å². The van der Waals surface area contributed by atoms with E-state index >= 15 is 0 Å². The van der Waals surface area contributed by atoms with Crippen molar-refractivity contribution in [1.82, 2.24) is 9.97 Å². The molecule has 2 N–H and O–H groups in total. The Labute approximate surface area is 107 Å². The average molecular weight is 251 g/mol. The first-order chi connectivity index (χ1) is 8.65. The van der Waals surface area contributed by atoms with Gasteiger partial charge in [0.25, 0.3) is 5.56 Å². The molecule has 1 aliphatic rings. The van der Waals surface area contributed by atoms with E-state index in [1.807, 2.05) is 13.8 Å². The molecule has 5 nitrogen and oxygen atoms in total. The fourth-order valence-corrected chi connectivity index (χ4v) is 2.07. The molecular formula is C13H21N3O2. The maximum atomic E-state index is 11.5. The minimum absolute atomic E-state index is 0.103. The summed E-state index contributed by atoms with van der Waals surface area (Å²) in [5.74, 6) is 1.60. The molecule has 0 spiro atoms. The van der Waals surface area contributed by atoms with E-state index in [-0.39, 0.29) is 11.5 Å². The zero-order valence-corrected chi connectivity index (χ0v) is 11.0. The van der Waals surface area contributed by atoms with Gasteiger partial charge in [0.2, 0.25) is 0 Å². The van der Waals surface area contributed by atoms with Crippen LogP contribution in [0.2, 0.25) is 0 Å². The first kappa shape index (κ1) is 13.1. The monoisotopic (exact) mass is 251 g/mol. The predicted octanol–water partition coefficient (Wildman–Crippen LogP) is 1.87. The summed E-state index contributed by atoms with van der Waals surface area (Å²) in [6.45, 7) is 5.69. The van der Waals surface area contributed by atoms with Gasteiger partial charge in [-0.05, 0) is 19.3 Å². The molecule has 1 saturated heterocycles. The van der Waals surface area contributed by atoms with E-state index in [4.69, 9.17) is 4.74 Å². The Kier molecular flexibility index (Phi) is 4.36. The fourth-order valence-electron chi connectivity index (χ4n) is 2.07. The van der Waals surface area contributed by atoms with Gasteiger partial charge in [0.1, 0.15) is 11.6 Å². The first-order valence-electron chi connectivity index (χ1n) is 6.62. The number of H-pyrrole nitrogens is 1.